The van der Waals surface area contributed by atoms with E-state index in [2.05, 4.69) is 16.0 Å². The molecule has 1 spiro atoms. The summed E-state index contributed by atoms with van der Waals surface area (Å²) in [5, 5.41) is 8.23. The first-order chi connectivity index (χ1) is 12.1. The molecule has 6 nitrogen and oxygen atoms in total. The number of hydrogen-bond donors (Lipinski definition) is 3. The summed E-state index contributed by atoms with van der Waals surface area (Å²) in [5.41, 5.74) is -0.218. The van der Waals surface area contributed by atoms with Crippen LogP contribution in [0.3, 0.4) is 0 Å². The molecule has 0 aromatic heterocycles. The highest BCUT2D eigenvalue weighted by molar-refractivity contribution is 6.07. The summed E-state index contributed by atoms with van der Waals surface area (Å²) in [5.74, 6) is -0.275. The molecule has 0 unspecified atom stereocenters. The van der Waals surface area contributed by atoms with Crippen LogP contribution in [0.5, 0.6) is 0 Å². The molecule has 1 saturated heterocycles. The van der Waals surface area contributed by atoms with Gasteiger partial charge in [-0.3, -0.25) is 14.9 Å². The van der Waals surface area contributed by atoms with E-state index in [0.29, 0.717) is 13.0 Å². The Morgan fingerprint density at radius 2 is 1.88 bits per heavy atom. The average molecular weight is 341 g/mol. The maximum absolute atomic E-state index is 13.0. The van der Waals surface area contributed by atoms with Crippen molar-refractivity contribution >= 4 is 17.8 Å². The fraction of sp³-hybridized carbons (Fsp3) is 0.526. The van der Waals surface area contributed by atoms with Crippen LogP contribution in [0.15, 0.2) is 30.3 Å². The Labute approximate surface area is 146 Å². The summed E-state index contributed by atoms with van der Waals surface area (Å²) in [4.78, 5) is 36.8. The van der Waals surface area contributed by atoms with E-state index >= 15 is 0 Å². The van der Waals surface area contributed by atoms with Crippen LogP contribution in [-0.2, 0) is 15.0 Å². The molecule has 3 N–H and O–H groups in total. The van der Waals surface area contributed by atoms with Gasteiger partial charge in [-0.1, -0.05) is 43.2 Å². The van der Waals surface area contributed by atoms with Gasteiger partial charge in [0.05, 0.1) is 5.41 Å². The molecule has 1 aliphatic heterocycles. The molecule has 2 aliphatic carbocycles. The largest absolute Gasteiger partial charge is 0.355 e. The van der Waals surface area contributed by atoms with Gasteiger partial charge < -0.3 is 10.6 Å². The van der Waals surface area contributed by atoms with Gasteiger partial charge in [0, 0.05) is 12.5 Å². The van der Waals surface area contributed by atoms with E-state index in [4.69, 9.17) is 0 Å². The molecule has 3 aliphatic rings. The third kappa shape index (κ3) is 2.42. The van der Waals surface area contributed by atoms with Crippen molar-refractivity contribution in [3.63, 3.8) is 0 Å². The first-order valence-electron chi connectivity index (χ1n) is 9.04. The molecule has 1 heterocycles. The van der Waals surface area contributed by atoms with Crippen LogP contribution < -0.4 is 16.0 Å². The van der Waals surface area contributed by atoms with Crippen molar-refractivity contribution in [3.8, 4) is 0 Å². The molecular weight excluding hydrogens is 318 g/mol. The van der Waals surface area contributed by atoms with Crippen molar-refractivity contribution in [2.75, 3.05) is 6.54 Å². The van der Waals surface area contributed by atoms with E-state index in [9.17, 15) is 14.4 Å². The van der Waals surface area contributed by atoms with Gasteiger partial charge in [0.2, 0.25) is 5.91 Å². The molecular formula is C19H23N3O3. The van der Waals surface area contributed by atoms with E-state index in [-0.39, 0.29) is 17.7 Å². The maximum atomic E-state index is 13.0. The summed E-state index contributed by atoms with van der Waals surface area (Å²) < 4.78 is 0. The summed E-state index contributed by atoms with van der Waals surface area (Å²) in [6, 6.07) is 9.49. The molecule has 2 atom stereocenters. The number of imide groups is 1. The SMILES string of the molecule is O=C1NC(=O)[C@]2(CCC[C@H]2CNC(=O)C2(c3ccccc3)CCC2)N1. The van der Waals surface area contributed by atoms with E-state index in [0.717, 1.165) is 37.7 Å². The molecule has 4 rings (SSSR count). The van der Waals surface area contributed by atoms with Crippen molar-refractivity contribution < 1.29 is 14.4 Å². The molecule has 1 aromatic rings. The molecule has 4 amide bonds. The van der Waals surface area contributed by atoms with Crippen LogP contribution in [0.2, 0.25) is 0 Å². The molecule has 6 heteroatoms. The van der Waals surface area contributed by atoms with Crippen molar-refractivity contribution in [3.05, 3.63) is 35.9 Å². The second kappa shape index (κ2) is 5.86. The number of carbonyl (C=O) groups is 3. The van der Waals surface area contributed by atoms with Gasteiger partial charge in [-0.2, -0.15) is 0 Å². The minimum absolute atomic E-state index is 0.0386. The molecule has 0 radical (unpaired) electrons. The van der Waals surface area contributed by atoms with Gasteiger partial charge in [-0.15, -0.1) is 0 Å². The van der Waals surface area contributed by atoms with E-state index < -0.39 is 17.0 Å². The number of nitrogens with one attached hydrogen (secondary N) is 3. The zero-order valence-electron chi connectivity index (χ0n) is 14.1. The molecule has 25 heavy (non-hydrogen) atoms. The Morgan fingerprint density at radius 3 is 2.48 bits per heavy atom. The van der Waals surface area contributed by atoms with Crippen LogP contribution >= 0.6 is 0 Å². The highest BCUT2D eigenvalue weighted by atomic mass is 16.2. The Balaban J connectivity index is 1.47. The number of hydrogen-bond acceptors (Lipinski definition) is 3. The van der Waals surface area contributed by atoms with Gasteiger partial charge in [0.1, 0.15) is 5.54 Å². The Morgan fingerprint density at radius 1 is 1.12 bits per heavy atom. The van der Waals surface area contributed by atoms with Crippen molar-refractivity contribution in [2.45, 2.75) is 49.5 Å². The lowest BCUT2D eigenvalue weighted by molar-refractivity contribution is -0.131. The van der Waals surface area contributed by atoms with Crippen molar-refractivity contribution in [1.82, 2.24) is 16.0 Å². The van der Waals surface area contributed by atoms with Gasteiger partial charge in [-0.25, -0.2) is 4.79 Å². The van der Waals surface area contributed by atoms with Crippen LogP contribution in [0, 0.1) is 5.92 Å². The third-order valence-corrected chi connectivity index (χ3v) is 6.27. The lowest BCUT2D eigenvalue weighted by Crippen LogP contribution is -2.55. The van der Waals surface area contributed by atoms with Crippen LogP contribution in [0.25, 0.3) is 0 Å². The quantitative estimate of drug-likeness (QED) is 0.727. The Bertz CT molecular complexity index is 714. The zero-order chi connectivity index (χ0) is 17.5. The van der Waals surface area contributed by atoms with E-state index in [1.54, 1.807) is 0 Å². The van der Waals surface area contributed by atoms with Crippen LogP contribution in [-0.4, -0.2) is 29.9 Å². The maximum Gasteiger partial charge on any atom is 0.322 e. The first kappa shape index (κ1) is 16.1. The lowest BCUT2D eigenvalue weighted by Gasteiger charge is -2.41. The molecule has 3 fully saturated rings. The van der Waals surface area contributed by atoms with Gasteiger partial charge in [0.15, 0.2) is 0 Å². The third-order valence-electron chi connectivity index (χ3n) is 6.27. The number of benzene rings is 1. The highest BCUT2D eigenvalue weighted by Crippen LogP contribution is 2.44. The molecule has 132 valence electrons. The fourth-order valence-electron chi connectivity index (χ4n) is 4.64. The van der Waals surface area contributed by atoms with Gasteiger partial charge >= 0.3 is 6.03 Å². The number of carbonyl (C=O) groups excluding carboxylic acids is 3. The second-order valence-electron chi connectivity index (χ2n) is 7.48. The summed E-state index contributed by atoms with van der Waals surface area (Å²) >= 11 is 0. The van der Waals surface area contributed by atoms with Crippen molar-refractivity contribution in [1.29, 1.82) is 0 Å². The monoisotopic (exact) mass is 341 g/mol. The fourth-order valence-corrected chi connectivity index (χ4v) is 4.64. The predicted molar refractivity (Wildman–Crippen MR) is 91.7 cm³/mol. The number of rotatable bonds is 4. The van der Waals surface area contributed by atoms with Crippen LogP contribution in [0.1, 0.15) is 44.1 Å². The molecule has 2 saturated carbocycles. The minimum atomic E-state index is -0.843. The van der Waals surface area contributed by atoms with Crippen LogP contribution in [0.4, 0.5) is 4.79 Å². The van der Waals surface area contributed by atoms with Gasteiger partial charge in [0.25, 0.3) is 5.91 Å². The first-order valence-corrected chi connectivity index (χ1v) is 9.04. The lowest BCUT2D eigenvalue weighted by atomic mass is 9.63. The van der Waals surface area contributed by atoms with E-state index in [1.165, 1.54) is 0 Å². The highest BCUT2D eigenvalue weighted by Gasteiger charge is 2.54. The molecule has 0 bridgehead atoms. The van der Waals surface area contributed by atoms with Crippen molar-refractivity contribution in [2.24, 2.45) is 5.92 Å². The van der Waals surface area contributed by atoms with Gasteiger partial charge in [-0.05, 0) is 31.2 Å². The Kier molecular flexibility index (Phi) is 3.78. The van der Waals surface area contributed by atoms with E-state index in [1.807, 2.05) is 30.3 Å². The average Bonchev–Trinajstić information content (AvgIpc) is 3.09. The predicted octanol–water partition coefficient (Wildman–Crippen LogP) is 1.60. The minimum Gasteiger partial charge on any atom is -0.355 e. The number of urea groups is 1. The Hall–Kier alpha value is -2.37. The second-order valence-corrected chi connectivity index (χ2v) is 7.48. The smallest absolute Gasteiger partial charge is 0.322 e. The summed E-state index contributed by atoms with van der Waals surface area (Å²) in [6.45, 7) is 0.418. The molecule has 1 aromatic carbocycles. The normalized spacial score (nSPS) is 29.8. The number of amides is 4. The topological polar surface area (TPSA) is 87.3 Å². The zero-order valence-corrected chi connectivity index (χ0v) is 14.1. The summed E-state index contributed by atoms with van der Waals surface area (Å²) in [6.07, 6.45) is 5.10. The summed E-state index contributed by atoms with van der Waals surface area (Å²) in [7, 11) is 0. The standard InChI is InChI=1S/C19H23N3O3/c23-15(18(9-5-10-18)13-6-2-1-3-7-13)20-12-14-8-4-11-19(14)16(24)21-17(25)22-19/h1-3,6-7,14H,4-5,8-12H2,(H,20,23)(H2,21,22,24,25)/t14-,19+/m0/s1.